The molecule has 1 spiro atoms. The Balaban J connectivity index is 2.18. The van der Waals surface area contributed by atoms with Crippen molar-refractivity contribution in [3.05, 3.63) is 0 Å². The number of nitrogens with one attached hydrogen (secondary N) is 1. The molecule has 1 saturated heterocycles. The summed E-state index contributed by atoms with van der Waals surface area (Å²) in [6, 6.07) is -0.704. The third-order valence-electron chi connectivity index (χ3n) is 4.02. The van der Waals surface area contributed by atoms with Crippen LogP contribution in [0.3, 0.4) is 0 Å². The van der Waals surface area contributed by atoms with Gasteiger partial charge in [-0.2, -0.15) is 13.2 Å². The third kappa shape index (κ3) is 2.19. The smallest absolute Gasteiger partial charge is 0.323 e. The van der Waals surface area contributed by atoms with Crippen molar-refractivity contribution in [2.24, 2.45) is 5.41 Å². The summed E-state index contributed by atoms with van der Waals surface area (Å²) in [6.45, 7) is 1.35. The van der Waals surface area contributed by atoms with Gasteiger partial charge in [0.15, 0.2) is 0 Å². The summed E-state index contributed by atoms with van der Waals surface area (Å²) < 4.78 is 38.5. The molecule has 0 aromatic heterocycles. The first kappa shape index (κ1) is 14.1. The number of imide groups is 1. The number of carbonyl (C=O) groups excluding carboxylic acids is 2. The van der Waals surface area contributed by atoms with Gasteiger partial charge in [-0.1, -0.05) is 12.8 Å². The first-order valence-corrected chi connectivity index (χ1v) is 6.30. The van der Waals surface area contributed by atoms with Crippen LogP contribution in [-0.2, 0) is 4.79 Å². The van der Waals surface area contributed by atoms with E-state index < -0.39 is 35.6 Å². The van der Waals surface area contributed by atoms with E-state index >= 15 is 0 Å². The molecule has 2 aliphatic rings. The lowest BCUT2D eigenvalue weighted by atomic mass is 9.91. The van der Waals surface area contributed by atoms with Gasteiger partial charge >= 0.3 is 12.2 Å². The molecule has 3 amide bonds. The molecule has 4 nitrogen and oxygen atoms in total. The number of amides is 3. The quantitative estimate of drug-likeness (QED) is 0.789. The predicted molar refractivity (Wildman–Crippen MR) is 61.3 cm³/mol. The van der Waals surface area contributed by atoms with Crippen molar-refractivity contribution in [3.63, 3.8) is 0 Å². The van der Waals surface area contributed by atoms with Crippen LogP contribution >= 0.6 is 0 Å². The van der Waals surface area contributed by atoms with Crippen molar-refractivity contribution in [1.82, 2.24) is 10.2 Å². The molecule has 0 unspecified atom stereocenters. The van der Waals surface area contributed by atoms with E-state index in [0.29, 0.717) is 12.8 Å². The Bertz CT molecular complexity index is 412. The lowest BCUT2D eigenvalue weighted by Crippen LogP contribution is -2.47. The highest BCUT2D eigenvalue weighted by atomic mass is 19.4. The Hall–Kier alpha value is -1.27. The zero-order valence-corrected chi connectivity index (χ0v) is 10.9. The zero-order chi connectivity index (χ0) is 14.5. The van der Waals surface area contributed by atoms with Crippen LogP contribution < -0.4 is 5.32 Å². The Labute approximate surface area is 109 Å². The van der Waals surface area contributed by atoms with Crippen LogP contribution in [0, 0.1) is 5.41 Å². The van der Waals surface area contributed by atoms with E-state index in [9.17, 15) is 22.8 Å². The molecule has 0 atom stereocenters. The number of hydrogen-bond donors (Lipinski definition) is 1. The summed E-state index contributed by atoms with van der Waals surface area (Å²) in [5.41, 5.74) is -3.05. The van der Waals surface area contributed by atoms with E-state index in [2.05, 4.69) is 5.32 Å². The third-order valence-corrected chi connectivity index (χ3v) is 4.02. The average molecular weight is 278 g/mol. The van der Waals surface area contributed by atoms with Gasteiger partial charge in [0, 0.05) is 6.54 Å². The molecular weight excluding hydrogens is 261 g/mol. The Morgan fingerprint density at radius 3 is 2.21 bits per heavy atom. The van der Waals surface area contributed by atoms with Crippen molar-refractivity contribution >= 4 is 11.9 Å². The van der Waals surface area contributed by atoms with Crippen molar-refractivity contribution in [2.75, 3.05) is 6.54 Å². The Kier molecular flexibility index (Phi) is 3.06. The van der Waals surface area contributed by atoms with Crippen molar-refractivity contribution in [2.45, 2.75) is 51.2 Å². The molecule has 0 aromatic carbocycles. The molecule has 0 radical (unpaired) electrons. The number of hydrogen-bond acceptors (Lipinski definition) is 2. The van der Waals surface area contributed by atoms with Crippen molar-refractivity contribution in [3.8, 4) is 0 Å². The minimum Gasteiger partial charge on any atom is -0.323 e. The van der Waals surface area contributed by atoms with Gasteiger partial charge in [0.1, 0.15) is 5.54 Å². The fraction of sp³-hybridized carbons (Fsp3) is 0.833. The topological polar surface area (TPSA) is 49.4 Å². The summed E-state index contributed by atoms with van der Waals surface area (Å²) in [5.74, 6) is -0.507. The van der Waals surface area contributed by atoms with Gasteiger partial charge in [-0.15, -0.1) is 0 Å². The van der Waals surface area contributed by atoms with E-state index in [1.54, 1.807) is 0 Å². The van der Waals surface area contributed by atoms with Crippen LogP contribution in [0.4, 0.5) is 18.0 Å². The lowest BCUT2D eigenvalue weighted by Gasteiger charge is -2.31. The van der Waals surface area contributed by atoms with Crippen LogP contribution in [0.2, 0.25) is 0 Å². The molecule has 1 aliphatic heterocycles. The lowest BCUT2D eigenvalue weighted by molar-refractivity contribution is -0.214. The number of urea groups is 1. The van der Waals surface area contributed by atoms with Crippen LogP contribution in [0.15, 0.2) is 0 Å². The van der Waals surface area contributed by atoms with Crippen LogP contribution in [-0.4, -0.2) is 35.1 Å². The zero-order valence-electron chi connectivity index (χ0n) is 10.9. The van der Waals surface area contributed by atoms with Gasteiger partial charge in [0.25, 0.3) is 5.91 Å². The minimum atomic E-state index is -4.46. The fourth-order valence-electron chi connectivity index (χ4n) is 2.62. The minimum absolute atomic E-state index is 0.507. The molecule has 7 heteroatoms. The van der Waals surface area contributed by atoms with E-state index in [0.717, 1.165) is 31.6 Å². The number of rotatable bonds is 2. The van der Waals surface area contributed by atoms with Gasteiger partial charge in [0.05, 0.1) is 5.41 Å². The molecule has 1 aliphatic carbocycles. The van der Waals surface area contributed by atoms with Crippen LogP contribution in [0.1, 0.15) is 39.5 Å². The number of alkyl halides is 3. The Morgan fingerprint density at radius 2 is 1.74 bits per heavy atom. The number of carbonyl (C=O) groups is 2. The maximum absolute atomic E-state index is 12.8. The molecule has 0 aromatic rings. The first-order valence-electron chi connectivity index (χ1n) is 6.30. The molecule has 2 rings (SSSR count). The van der Waals surface area contributed by atoms with Crippen LogP contribution in [0.25, 0.3) is 0 Å². The van der Waals surface area contributed by atoms with Gasteiger partial charge < -0.3 is 5.32 Å². The maximum Gasteiger partial charge on any atom is 0.395 e. The molecule has 2 fully saturated rings. The highest BCUT2D eigenvalue weighted by molar-refractivity contribution is 6.07. The second kappa shape index (κ2) is 4.11. The normalized spacial score (nSPS) is 23.3. The largest absolute Gasteiger partial charge is 0.395 e. The van der Waals surface area contributed by atoms with Gasteiger partial charge in [-0.05, 0) is 26.7 Å². The number of nitrogens with zero attached hydrogens (tertiary/aromatic N) is 1. The SMILES string of the molecule is CC(C)(CN1C(=O)NC2(CCCC2)C1=O)C(F)(F)F. The summed E-state index contributed by atoms with van der Waals surface area (Å²) in [6.07, 6.45) is -1.81. The summed E-state index contributed by atoms with van der Waals surface area (Å²) in [5, 5.41) is 2.57. The molecular formula is C12H17F3N2O2. The fourth-order valence-corrected chi connectivity index (χ4v) is 2.62. The summed E-state index contributed by atoms with van der Waals surface area (Å²) in [7, 11) is 0. The standard InChI is InChI=1S/C12H17F3N2O2/c1-10(2,12(13,14)15)7-17-8(18)11(16-9(17)19)5-3-4-6-11/h3-7H2,1-2H3,(H,16,19). The number of halogens is 3. The van der Waals surface area contributed by atoms with Crippen LogP contribution in [0.5, 0.6) is 0 Å². The van der Waals surface area contributed by atoms with E-state index in [-0.39, 0.29) is 0 Å². The molecule has 19 heavy (non-hydrogen) atoms. The average Bonchev–Trinajstić information content (AvgIpc) is 2.80. The van der Waals surface area contributed by atoms with E-state index in [4.69, 9.17) is 0 Å². The van der Waals surface area contributed by atoms with Gasteiger partial charge in [-0.25, -0.2) is 4.79 Å². The van der Waals surface area contributed by atoms with E-state index in [1.807, 2.05) is 0 Å². The summed E-state index contributed by atoms with van der Waals surface area (Å²) >= 11 is 0. The predicted octanol–water partition coefficient (Wildman–Crippen LogP) is 2.44. The maximum atomic E-state index is 12.8. The van der Waals surface area contributed by atoms with Crippen molar-refractivity contribution < 1.29 is 22.8 Å². The highest BCUT2D eigenvalue weighted by Crippen LogP contribution is 2.41. The molecule has 1 N–H and O–H groups in total. The van der Waals surface area contributed by atoms with Crippen molar-refractivity contribution in [1.29, 1.82) is 0 Å². The second-order valence-electron chi connectivity index (χ2n) is 5.99. The molecule has 0 bridgehead atoms. The highest BCUT2D eigenvalue weighted by Gasteiger charge is 2.56. The second-order valence-corrected chi connectivity index (χ2v) is 5.99. The molecule has 108 valence electrons. The first-order chi connectivity index (χ1) is 8.59. The van der Waals surface area contributed by atoms with E-state index in [1.165, 1.54) is 0 Å². The summed E-state index contributed by atoms with van der Waals surface area (Å²) in [4.78, 5) is 24.7. The monoisotopic (exact) mass is 278 g/mol. The molecule has 1 heterocycles. The van der Waals surface area contributed by atoms with Gasteiger partial charge in [-0.3, -0.25) is 9.69 Å². The Morgan fingerprint density at radius 1 is 1.21 bits per heavy atom. The van der Waals surface area contributed by atoms with Gasteiger partial charge in [0.2, 0.25) is 0 Å². The molecule has 1 saturated carbocycles.